The largest absolute Gasteiger partial charge is 0.385 e. The highest BCUT2D eigenvalue weighted by molar-refractivity contribution is 5.02. The molecule has 0 aliphatic heterocycles. The summed E-state index contributed by atoms with van der Waals surface area (Å²) in [4.78, 5) is 4.15. The van der Waals surface area contributed by atoms with E-state index in [2.05, 4.69) is 9.55 Å². The van der Waals surface area contributed by atoms with Crippen LogP contribution < -0.4 is 5.73 Å². The summed E-state index contributed by atoms with van der Waals surface area (Å²) in [6, 6.07) is 0.574. The Balaban J connectivity index is 2.13. The third kappa shape index (κ3) is 1.73. The Bertz CT molecular complexity index is 280. The van der Waals surface area contributed by atoms with Gasteiger partial charge in [-0.2, -0.15) is 0 Å². The number of nitrogens with zero attached hydrogens (tertiary/aromatic N) is 2. The van der Waals surface area contributed by atoms with Gasteiger partial charge in [0.25, 0.3) is 0 Å². The van der Waals surface area contributed by atoms with Crippen LogP contribution in [0.2, 0.25) is 0 Å². The first-order valence-electron chi connectivity index (χ1n) is 4.74. The lowest BCUT2D eigenvalue weighted by Crippen LogP contribution is -2.11. The van der Waals surface area contributed by atoms with Crippen molar-refractivity contribution in [1.29, 1.82) is 0 Å². The topological polar surface area (TPSA) is 64.1 Å². The van der Waals surface area contributed by atoms with Gasteiger partial charge in [0.1, 0.15) is 11.9 Å². The molecular weight excluding hydrogens is 166 g/mol. The number of aliphatic hydroxyl groups excluding tert-OH is 1. The van der Waals surface area contributed by atoms with E-state index in [0.29, 0.717) is 19.0 Å². The van der Waals surface area contributed by atoms with Gasteiger partial charge in [-0.3, -0.25) is 0 Å². The van der Waals surface area contributed by atoms with E-state index in [1.165, 1.54) is 12.8 Å². The maximum Gasteiger partial charge on any atom is 0.137 e. The summed E-state index contributed by atoms with van der Waals surface area (Å²) in [6.45, 7) is 0.499. The Morgan fingerprint density at radius 3 is 3.08 bits per heavy atom. The van der Waals surface area contributed by atoms with E-state index in [0.717, 1.165) is 5.82 Å². The molecule has 0 amide bonds. The highest BCUT2D eigenvalue weighted by Gasteiger charge is 2.27. The Morgan fingerprint density at radius 2 is 2.46 bits per heavy atom. The normalized spacial score (nSPS) is 18.9. The molecule has 13 heavy (non-hydrogen) atoms. The van der Waals surface area contributed by atoms with Crippen molar-refractivity contribution in [2.75, 3.05) is 6.54 Å². The molecule has 3 N–H and O–H groups in total. The maximum absolute atomic E-state index is 9.70. The van der Waals surface area contributed by atoms with Crippen molar-refractivity contribution in [3.8, 4) is 0 Å². The molecule has 0 spiro atoms. The van der Waals surface area contributed by atoms with Gasteiger partial charge >= 0.3 is 0 Å². The van der Waals surface area contributed by atoms with Gasteiger partial charge in [-0.25, -0.2) is 4.98 Å². The molecule has 1 atom stereocenters. The van der Waals surface area contributed by atoms with Crippen molar-refractivity contribution in [3.63, 3.8) is 0 Å². The van der Waals surface area contributed by atoms with Crippen LogP contribution in [0.3, 0.4) is 0 Å². The van der Waals surface area contributed by atoms with Crippen molar-refractivity contribution in [1.82, 2.24) is 9.55 Å². The minimum Gasteiger partial charge on any atom is -0.385 e. The van der Waals surface area contributed by atoms with E-state index in [9.17, 15) is 5.11 Å². The van der Waals surface area contributed by atoms with Gasteiger partial charge in [0.15, 0.2) is 0 Å². The number of imidazole rings is 1. The average molecular weight is 181 g/mol. The zero-order valence-electron chi connectivity index (χ0n) is 7.56. The van der Waals surface area contributed by atoms with Crippen LogP contribution >= 0.6 is 0 Å². The summed E-state index contributed by atoms with van der Waals surface area (Å²) in [5.74, 6) is 0.771. The lowest BCUT2D eigenvalue weighted by atomic mass is 10.2. The molecule has 1 aromatic rings. The second-order valence-corrected chi connectivity index (χ2v) is 3.52. The van der Waals surface area contributed by atoms with Crippen LogP contribution in [0, 0.1) is 0 Å². The minimum atomic E-state index is -0.499. The predicted molar refractivity (Wildman–Crippen MR) is 49.1 cm³/mol. The van der Waals surface area contributed by atoms with Gasteiger partial charge in [-0.1, -0.05) is 0 Å². The molecule has 72 valence electrons. The molecule has 1 saturated carbocycles. The van der Waals surface area contributed by atoms with Crippen molar-refractivity contribution in [2.45, 2.75) is 31.4 Å². The first-order valence-corrected chi connectivity index (χ1v) is 4.74. The lowest BCUT2D eigenvalue weighted by Gasteiger charge is -2.11. The van der Waals surface area contributed by atoms with E-state index < -0.39 is 6.10 Å². The van der Waals surface area contributed by atoms with Gasteiger partial charge < -0.3 is 15.4 Å². The molecular formula is C9H15N3O. The Kier molecular flexibility index (Phi) is 2.33. The summed E-state index contributed by atoms with van der Waals surface area (Å²) in [5.41, 5.74) is 5.38. The zero-order valence-corrected chi connectivity index (χ0v) is 7.56. The number of aromatic nitrogens is 2. The summed E-state index contributed by atoms with van der Waals surface area (Å²) in [7, 11) is 0. The van der Waals surface area contributed by atoms with Gasteiger partial charge in [-0.05, 0) is 25.8 Å². The monoisotopic (exact) mass is 181 g/mol. The average Bonchev–Trinajstić information content (AvgIpc) is 2.84. The SMILES string of the molecule is NCCC(O)c1nccn1C1CC1. The van der Waals surface area contributed by atoms with Crippen LogP contribution in [0.25, 0.3) is 0 Å². The number of aliphatic hydroxyl groups is 1. The van der Waals surface area contributed by atoms with E-state index in [1.807, 2.05) is 6.20 Å². The summed E-state index contributed by atoms with van der Waals surface area (Å²) in [5, 5.41) is 9.70. The Hall–Kier alpha value is -0.870. The quantitative estimate of drug-likeness (QED) is 0.715. The third-order valence-electron chi connectivity index (χ3n) is 2.38. The van der Waals surface area contributed by atoms with E-state index in [-0.39, 0.29) is 0 Å². The molecule has 1 aliphatic rings. The third-order valence-corrected chi connectivity index (χ3v) is 2.38. The molecule has 0 bridgehead atoms. The Labute approximate surface area is 77.4 Å². The fourth-order valence-electron chi connectivity index (χ4n) is 1.53. The second-order valence-electron chi connectivity index (χ2n) is 3.52. The second kappa shape index (κ2) is 3.47. The van der Waals surface area contributed by atoms with Gasteiger partial charge in [-0.15, -0.1) is 0 Å². The highest BCUT2D eigenvalue weighted by atomic mass is 16.3. The molecule has 1 aliphatic carbocycles. The van der Waals surface area contributed by atoms with Crippen LogP contribution in [0.5, 0.6) is 0 Å². The first-order chi connectivity index (χ1) is 6.33. The van der Waals surface area contributed by atoms with Crippen LogP contribution in [0.4, 0.5) is 0 Å². The molecule has 2 rings (SSSR count). The van der Waals surface area contributed by atoms with E-state index >= 15 is 0 Å². The van der Waals surface area contributed by atoms with Crippen LogP contribution in [-0.4, -0.2) is 21.2 Å². The van der Waals surface area contributed by atoms with Crippen molar-refractivity contribution in [2.24, 2.45) is 5.73 Å². The predicted octanol–water partition coefficient (Wildman–Crippen LogP) is 0.600. The van der Waals surface area contributed by atoms with Crippen LogP contribution in [-0.2, 0) is 0 Å². The summed E-state index contributed by atoms with van der Waals surface area (Å²) < 4.78 is 2.07. The van der Waals surface area contributed by atoms with E-state index in [4.69, 9.17) is 5.73 Å². The smallest absolute Gasteiger partial charge is 0.137 e. The molecule has 1 heterocycles. The first kappa shape index (κ1) is 8.72. The fraction of sp³-hybridized carbons (Fsp3) is 0.667. The van der Waals surface area contributed by atoms with Gasteiger partial charge in [0, 0.05) is 18.4 Å². The van der Waals surface area contributed by atoms with Gasteiger partial charge in [0.05, 0.1) is 0 Å². The number of hydrogen-bond acceptors (Lipinski definition) is 3. The zero-order chi connectivity index (χ0) is 9.26. The molecule has 0 radical (unpaired) electrons. The van der Waals surface area contributed by atoms with Gasteiger partial charge in [0.2, 0.25) is 0 Å². The lowest BCUT2D eigenvalue weighted by molar-refractivity contribution is 0.155. The Morgan fingerprint density at radius 1 is 1.69 bits per heavy atom. The number of rotatable bonds is 4. The van der Waals surface area contributed by atoms with Crippen molar-refractivity contribution >= 4 is 0 Å². The number of nitrogens with two attached hydrogens (primary N) is 1. The highest BCUT2D eigenvalue weighted by Crippen LogP contribution is 2.36. The van der Waals surface area contributed by atoms with Crippen molar-refractivity contribution < 1.29 is 5.11 Å². The van der Waals surface area contributed by atoms with Crippen LogP contribution in [0.1, 0.15) is 37.2 Å². The maximum atomic E-state index is 9.70. The molecule has 1 unspecified atom stereocenters. The molecule has 1 aromatic heterocycles. The molecule has 0 saturated heterocycles. The van der Waals surface area contributed by atoms with Crippen LogP contribution in [0.15, 0.2) is 12.4 Å². The summed E-state index contributed by atoms with van der Waals surface area (Å²) in [6.07, 6.45) is 6.18. The molecule has 1 fully saturated rings. The molecule has 0 aromatic carbocycles. The minimum absolute atomic E-state index is 0.499. The molecule has 4 heteroatoms. The fourth-order valence-corrected chi connectivity index (χ4v) is 1.53. The molecule has 4 nitrogen and oxygen atoms in total. The van der Waals surface area contributed by atoms with E-state index in [1.54, 1.807) is 6.20 Å². The number of hydrogen-bond donors (Lipinski definition) is 2. The van der Waals surface area contributed by atoms with Crippen molar-refractivity contribution in [3.05, 3.63) is 18.2 Å². The summed E-state index contributed by atoms with van der Waals surface area (Å²) >= 11 is 0. The standard InChI is InChI=1S/C9H15N3O/c10-4-3-8(13)9-11-5-6-12(9)7-1-2-7/h5-8,13H,1-4,10H2.